The van der Waals surface area contributed by atoms with E-state index in [0.29, 0.717) is 32.1 Å². The molecule has 0 aromatic rings. The quantitative estimate of drug-likeness (QED) is 0.222. The molecule has 0 aromatic carbocycles. The Balaban J connectivity index is 1.32. The van der Waals surface area contributed by atoms with Crippen LogP contribution in [0.4, 0.5) is 0 Å². The summed E-state index contributed by atoms with van der Waals surface area (Å²) in [6, 6.07) is 0. The molecule has 13 atom stereocenters. The van der Waals surface area contributed by atoms with Crippen LogP contribution in [0.2, 0.25) is 0 Å². The van der Waals surface area contributed by atoms with E-state index < -0.39 is 61.1 Å². The zero-order valence-electron chi connectivity index (χ0n) is 17.8. The number of aliphatic carboxylic acids is 1. The van der Waals surface area contributed by atoms with E-state index in [1.54, 1.807) is 0 Å². The van der Waals surface area contributed by atoms with Crippen LogP contribution >= 0.6 is 0 Å². The van der Waals surface area contributed by atoms with Gasteiger partial charge in [-0.3, -0.25) is 0 Å². The molecule has 0 bridgehead atoms. The molecular weight excluding hydrogens is 428 g/mol. The number of fused-ring (bicyclic) bond motifs is 1. The van der Waals surface area contributed by atoms with Crippen LogP contribution in [0.1, 0.15) is 44.9 Å². The zero-order chi connectivity index (χ0) is 23.2. The first kappa shape index (κ1) is 24.2. The lowest BCUT2D eigenvalue weighted by atomic mass is 9.73. The normalized spacial score (nSPS) is 52.2. The molecule has 11 heteroatoms. The summed E-state index contributed by atoms with van der Waals surface area (Å²) in [5, 5.41) is 69.9. The summed E-state index contributed by atoms with van der Waals surface area (Å²) in [6.07, 6.45) is -7.09. The molecule has 32 heavy (non-hydrogen) atoms. The highest BCUT2D eigenvalue weighted by Crippen LogP contribution is 2.40. The first-order valence-electron chi connectivity index (χ1n) is 11.5. The van der Waals surface area contributed by atoms with Crippen LogP contribution in [0.25, 0.3) is 0 Å². The fraction of sp³-hybridized carbons (Fsp3) is 0.952. The van der Waals surface area contributed by atoms with Crippen LogP contribution in [0.3, 0.4) is 0 Å². The van der Waals surface area contributed by atoms with Gasteiger partial charge in [0.25, 0.3) is 0 Å². The summed E-state index contributed by atoms with van der Waals surface area (Å²) in [6.45, 7) is 0. The molecular formula is C21H35O11+. The van der Waals surface area contributed by atoms with Gasteiger partial charge < -0.3 is 50.0 Å². The van der Waals surface area contributed by atoms with Crippen molar-refractivity contribution in [3.63, 3.8) is 0 Å². The van der Waals surface area contributed by atoms with Crippen molar-refractivity contribution in [2.45, 2.75) is 112 Å². The third kappa shape index (κ3) is 4.82. The van der Waals surface area contributed by atoms with Gasteiger partial charge in [-0.2, -0.15) is 0 Å². The number of aliphatic hydroxyl groups excluding tert-OH is 6. The Morgan fingerprint density at radius 3 is 2.25 bits per heavy atom. The highest BCUT2D eigenvalue weighted by Gasteiger charge is 2.50. The molecule has 2 aliphatic heterocycles. The number of ether oxygens (including phenoxy) is 3. The van der Waals surface area contributed by atoms with Gasteiger partial charge in [-0.25, -0.2) is 4.79 Å². The van der Waals surface area contributed by atoms with Gasteiger partial charge in [-0.1, -0.05) is 0 Å². The number of hydrogen-bond donors (Lipinski definition) is 7. The Bertz CT molecular complexity index is 662. The number of carboxylic acid groups (broad SMARTS) is 1. The van der Waals surface area contributed by atoms with Gasteiger partial charge in [0.05, 0.1) is 30.3 Å². The fourth-order valence-corrected chi connectivity index (χ4v) is 5.85. The molecule has 4 rings (SSSR count). The number of aliphatic hydroxyl groups is 8. The van der Waals surface area contributed by atoms with Crippen molar-refractivity contribution in [3.05, 3.63) is 0 Å². The van der Waals surface area contributed by atoms with Crippen molar-refractivity contribution in [2.75, 3.05) is 0 Å². The van der Waals surface area contributed by atoms with E-state index in [9.17, 15) is 35.4 Å². The molecule has 184 valence electrons. The van der Waals surface area contributed by atoms with Crippen LogP contribution in [0, 0.1) is 11.8 Å². The lowest BCUT2D eigenvalue weighted by molar-refractivity contribution is -0.315. The standard InChI is InChI=1S/C21H34O11/c22-9-6-11(23)10-2-4-13(30-15(10)7-9)8-1-3-14(12(24)5-8)31-21-18(27)16(25)17(26)19(32-21)20(28)29/h8-19,21-27H,1-7H2,(H,28,29)/p+1. The highest BCUT2D eigenvalue weighted by molar-refractivity contribution is 5.73. The number of carboxylic acids is 1. The predicted molar refractivity (Wildman–Crippen MR) is 106 cm³/mol. The average molecular weight is 464 g/mol. The number of rotatable bonds is 4. The molecule has 0 spiro atoms. The van der Waals surface area contributed by atoms with Gasteiger partial charge in [0.1, 0.15) is 18.3 Å². The van der Waals surface area contributed by atoms with Gasteiger partial charge in [0.15, 0.2) is 24.6 Å². The molecule has 4 fully saturated rings. The average Bonchev–Trinajstić information content (AvgIpc) is 2.74. The van der Waals surface area contributed by atoms with Crippen molar-refractivity contribution >= 4 is 5.97 Å². The second-order valence-electron chi connectivity index (χ2n) is 9.77. The third-order valence-corrected chi connectivity index (χ3v) is 7.66. The Hall–Kier alpha value is -0.890. The molecule has 13 unspecified atom stereocenters. The van der Waals surface area contributed by atoms with Gasteiger partial charge in [-0.15, -0.1) is 0 Å². The molecule has 2 saturated carbocycles. The molecule has 4 aliphatic rings. The Morgan fingerprint density at radius 1 is 0.812 bits per heavy atom. The van der Waals surface area contributed by atoms with Crippen molar-refractivity contribution in [1.82, 2.24) is 0 Å². The molecule has 2 aliphatic carbocycles. The Morgan fingerprint density at radius 2 is 1.56 bits per heavy atom. The second kappa shape index (κ2) is 9.77. The van der Waals surface area contributed by atoms with E-state index in [1.807, 2.05) is 0 Å². The fourth-order valence-electron chi connectivity index (χ4n) is 5.85. The van der Waals surface area contributed by atoms with Crippen LogP contribution < -0.4 is 0 Å². The maximum atomic E-state index is 11.3. The lowest BCUT2D eigenvalue weighted by Gasteiger charge is -2.45. The van der Waals surface area contributed by atoms with Gasteiger partial charge in [0, 0.05) is 25.2 Å². The monoisotopic (exact) mass is 463 g/mol. The third-order valence-electron chi connectivity index (χ3n) is 7.66. The number of carbonyl (C=O) groups is 1. The minimum absolute atomic E-state index is 0.0224. The van der Waals surface area contributed by atoms with E-state index in [0.717, 1.165) is 12.8 Å². The minimum Gasteiger partial charge on any atom is -0.479 e. The summed E-state index contributed by atoms with van der Waals surface area (Å²) in [5.74, 6) is -1.30. The van der Waals surface area contributed by atoms with Crippen molar-refractivity contribution in [3.8, 4) is 0 Å². The van der Waals surface area contributed by atoms with Gasteiger partial charge in [0.2, 0.25) is 0 Å². The van der Waals surface area contributed by atoms with Crippen LogP contribution in [-0.2, 0) is 14.3 Å². The summed E-state index contributed by atoms with van der Waals surface area (Å²) < 4.78 is 15.7. The molecule has 0 aromatic heterocycles. The molecule has 11 nitrogen and oxygen atoms in total. The second-order valence-corrected chi connectivity index (χ2v) is 9.77. The summed E-state index contributed by atoms with van der Waals surface area (Å²) in [4.78, 5) is 11.3. The van der Waals surface area contributed by atoms with E-state index in [-0.39, 0.29) is 24.0 Å². The molecule has 0 radical (unpaired) electrons. The predicted octanol–water partition coefficient (Wildman–Crippen LogP) is -2.38. The molecule has 0 amide bonds. The SMILES string of the molecule is O=C(O)C1OC(OC2CCC(C3CCC4C(O)CC(O)CC4[OH+]3)CC2O)C(O)C(O)C1O. The van der Waals surface area contributed by atoms with Crippen molar-refractivity contribution in [1.29, 1.82) is 0 Å². The van der Waals surface area contributed by atoms with Crippen LogP contribution in [0.15, 0.2) is 0 Å². The smallest absolute Gasteiger partial charge is 0.335 e. The Labute approximate surface area is 185 Å². The zero-order valence-corrected chi connectivity index (χ0v) is 17.8. The largest absolute Gasteiger partial charge is 0.479 e. The van der Waals surface area contributed by atoms with E-state index >= 15 is 0 Å². The molecule has 2 heterocycles. The maximum absolute atomic E-state index is 11.3. The summed E-state index contributed by atoms with van der Waals surface area (Å²) in [5.41, 5.74) is 0. The van der Waals surface area contributed by atoms with Gasteiger partial charge >= 0.3 is 5.97 Å². The maximum Gasteiger partial charge on any atom is 0.335 e. The van der Waals surface area contributed by atoms with E-state index in [1.165, 1.54) is 0 Å². The van der Waals surface area contributed by atoms with Crippen LogP contribution in [0.5, 0.6) is 0 Å². The van der Waals surface area contributed by atoms with E-state index in [2.05, 4.69) is 0 Å². The highest BCUT2D eigenvalue weighted by atomic mass is 16.7. The van der Waals surface area contributed by atoms with Crippen molar-refractivity contribution < 1.29 is 54.8 Å². The summed E-state index contributed by atoms with van der Waals surface area (Å²) >= 11 is 0. The first-order chi connectivity index (χ1) is 15.2. The Kier molecular flexibility index (Phi) is 7.40. The van der Waals surface area contributed by atoms with Crippen molar-refractivity contribution in [2.24, 2.45) is 11.8 Å². The number of hydrogen-bond acceptors (Lipinski definition) is 9. The lowest BCUT2D eigenvalue weighted by Crippen LogP contribution is -2.61. The summed E-state index contributed by atoms with van der Waals surface area (Å²) in [7, 11) is 0. The van der Waals surface area contributed by atoms with E-state index in [4.69, 9.17) is 19.3 Å². The molecule has 2 saturated heterocycles. The molecule has 8 N–H and O–H groups in total. The minimum atomic E-state index is -1.79. The van der Waals surface area contributed by atoms with Gasteiger partial charge in [-0.05, 0) is 25.7 Å². The first-order valence-corrected chi connectivity index (χ1v) is 11.5. The topological polar surface area (TPSA) is 190 Å². The van der Waals surface area contributed by atoms with Crippen LogP contribution in [-0.4, -0.2) is 114 Å².